The minimum atomic E-state index is -1.06. The quantitative estimate of drug-likeness (QED) is 0.292. The molecule has 6 heteroatoms. The van der Waals surface area contributed by atoms with Crippen LogP contribution in [-0.2, 0) is 14.3 Å². The fraction of sp³-hybridized carbons (Fsp3) is 0.800. The summed E-state index contributed by atoms with van der Waals surface area (Å²) < 4.78 is 4.99. The zero-order chi connectivity index (χ0) is 26.1. The average Bonchev–Trinajstić information content (AvgIpc) is 3.19. The van der Waals surface area contributed by atoms with Gasteiger partial charge in [-0.3, -0.25) is 9.59 Å². The predicted molar refractivity (Wildman–Crippen MR) is 138 cm³/mol. The van der Waals surface area contributed by atoms with Crippen molar-refractivity contribution in [3.8, 4) is 0 Å². The van der Waals surface area contributed by atoms with Gasteiger partial charge in [-0.1, -0.05) is 56.9 Å². The summed E-state index contributed by atoms with van der Waals surface area (Å²) in [4.78, 5) is 23.9. The number of carbonyl (C=O) groups is 2. The normalized spacial score (nSPS) is 39.8. The molecule has 0 heterocycles. The summed E-state index contributed by atoms with van der Waals surface area (Å²) in [5.74, 6) is 0.842. The smallest absolute Gasteiger partial charge is 0.303 e. The molecule has 7 unspecified atom stereocenters. The maximum absolute atomic E-state index is 12.8. The molecule has 0 amide bonds. The molecule has 36 heavy (non-hydrogen) atoms. The first-order chi connectivity index (χ1) is 17.1. The second-order valence-corrected chi connectivity index (χ2v) is 12.5. The van der Waals surface area contributed by atoms with Crippen molar-refractivity contribution < 1.29 is 29.6 Å². The Balaban J connectivity index is 0.000000286. The Morgan fingerprint density at radius 3 is 2.44 bits per heavy atom. The zero-order valence-electron chi connectivity index (χ0n) is 22.3. The summed E-state index contributed by atoms with van der Waals surface area (Å²) in [6.45, 7) is 5.72. The van der Waals surface area contributed by atoms with Crippen molar-refractivity contribution >= 4 is 11.8 Å². The molecule has 0 saturated heterocycles. The van der Waals surface area contributed by atoms with Crippen LogP contribution in [0, 0.1) is 40.4 Å². The lowest BCUT2D eigenvalue weighted by atomic mass is 9.47. The summed E-state index contributed by atoms with van der Waals surface area (Å²) in [7, 11) is 0. The fourth-order valence-electron chi connectivity index (χ4n) is 8.70. The number of aliphatic hydroxyl groups is 3. The molecule has 4 saturated carbocycles. The molecule has 4 fully saturated rings. The lowest BCUT2D eigenvalue weighted by Gasteiger charge is -2.58. The van der Waals surface area contributed by atoms with Crippen molar-refractivity contribution in [2.45, 2.75) is 104 Å². The molecule has 0 radical (unpaired) electrons. The molecular formula is C30H46O6. The number of fused-ring (bicyclic) bond motifs is 5. The Morgan fingerprint density at radius 2 is 1.81 bits per heavy atom. The molecule has 0 aromatic rings. The first-order valence-electron chi connectivity index (χ1n) is 14.2. The summed E-state index contributed by atoms with van der Waals surface area (Å²) in [6, 6.07) is 0. The number of rotatable bonds is 4. The minimum absolute atomic E-state index is 0.0287. The second kappa shape index (κ2) is 11.1. The monoisotopic (exact) mass is 502 g/mol. The molecule has 3 N–H and O–H groups in total. The van der Waals surface area contributed by atoms with Gasteiger partial charge in [0.1, 0.15) is 6.61 Å². The largest absolute Gasteiger partial charge is 0.458 e. The minimum Gasteiger partial charge on any atom is -0.458 e. The van der Waals surface area contributed by atoms with Gasteiger partial charge in [0.05, 0.1) is 6.10 Å². The summed E-state index contributed by atoms with van der Waals surface area (Å²) in [5, 5.41) is 28.7. The third kappa shape index (κ3) is 5.23. The number of ketones is 1. The van der Waals surface area contributed by atoms with Gasteiger partial charge in [0, 0.05) is 30.1 Å². The van der Waals surface area contributed by atoms with Crippen molar-refractivity contribution in [3.63, 3.8) is 0 Å². The van der Waals surface area contributed by atoms with Gasteiger partial charge in [-0.2, -0.15) is 0 Å². The Bertz CT molecular complexity index is 871. The highest BCUT2D eigenvalue weighted by Gasteiger charge is 2.62. The van der Waals surface area contributed by atoms with E-state index in [9.17, 15) is 14.7 Å². The molecule has 7 atom stereocenters. The van der Waals surface area contributed by atoms with E-state index in [1.165, 1.54) is 31.8 Å². The number of allylic oxidation sites excluding steroid dienone is 4. The Labute approximate surface area is 216 Å². The Kier molecular flexibility index (Phi) is 8.48. The van der Waals surface area contributed by atoms with E-state index in [4.69, 9.17) is 14.9 Å². The summed E-state index contributed by atoms with van der Waals surface area (Å²) in [5.41, 5.74) is 1.27. The van der Waals surface area contributed by atoms with Gasteiger partial charge in [0.2, 0.25) is 0 Å². The van der Waals surface area contributed by atoms with Gasteiger partial charge >= 0.3 is 5.97 Å². The van der Waals surface area contributed by atoms with E-state index < -0.39 is 18.4 Å². The number of hydrogen-bond acceptors (Lipinski definition) is 6. The van der Waals surface area contributed by atoms with Crippen LogP contribution in [-0.4, -0.2) is 46.1 Å². The molecular weight excluding hydrogens is 456 g/mol. The molecule has 0 spiro atoms. The van der Waals surface area contributed by atoms with Gasteiger partial charge in [-0.05, 0) is 68.6 Å². The highest BCUT2D eigenvalue weighted by Crippen LogP contribution is 2.66. The zero-order valence-corrected chi connectivity index (χ0v) is 22.3. The van der Waals surface area contributed by atoms with Crippen LogP contribution in [0.2, 0.25) is 0 Å². The van der Waals surface area contributed by atoms with Gasteiger partial charge in [-0.15, -0.1) is 0 Å². The van der Waals surface area contributed by atoms with Gasteiger partial charge in [0.15, 0.2) is 12.1 Å². The van der Waals surface area contributed by atoms with Crippen molar-refractivity contribution in [1.29, 1.82) is 0 Å². The van der Waals surface area contributed by atoms with Crippen LogP contribution in [0.3, 0.4) is 0 Å². The molecule has 5 aliphatic carbocycles. The second-order valence-electron chi connectivity index (χ2n) is 12.5. The summed E-state index contributed by atoms with van der Waals surface area (Å²) in [6.07, 6.45) is 16.9. The average molecular weight is 503 g/mol. The maximum Gasteiger partial charge on any atom is 0.303 e. The molecule has 0 aliphatic heterocycles. The van der Waals surface area contributed by atoms with E-state index in [0.717, 1.165) is 44.9 Å². The molecule has 202 valence electrons. The van der Waals surface area contributed by atoms with E-state index in [2.05, 4.69) is 32.1 Å². The predicted octanol–water partition coefficient (Wildman–Crippen LogP) is 4.71. The van der Waals surface area contributed by atoms with E-state index in [-0.39, 0.29) is 41.0 Å². The summed E-state index contributed by atoms with van der Waals surface area (Å²) >= 11 is 0. The van der Waals surface area contributed by atoms with Gasteiger partial charge in [-0.25, -0.2) is 0 Å². The van der Waals surface area contributed by atoms with Crippen molar-refractivity contribution in [2.24, 2.45) is 40.4 Å². The SMILES string of the molecule is CC(=O)OCC(=O)C1CCC2C3CCC4=CCC=CC4(C)C3C(O)CC12C.OC(O)C1CCCCC1. The molecule has 0 aromatic heterocycles. The number of carbonyl (C=O) groups excluding carboxylic acids is 2. The van der Waals surface area contributed by atoms with E-state index in [0.29, 0.717) is 18.3 Å². The first kappa shape index (κ1) is 27.5. The number of aliphatic hydroxyl groups excluding tert-OH is 2. The number of esters is 1. The highest BCUT2D eigenvalue weighted by atomic mass is 16.5. The van der Waals surface area contributed by atoms with E-state index >= 15 is 0 Å². The molecule has 5 rings (SSSR count). The van der Waals surface area contributed by atoms with Crippen LogP contribution in [0.15, 0.2) is 23.8 Å². The Hall–Kier alpha value is -1.50. The number of hydrogen-bond donors (Lipinski definition) is 3. The van der Waals surface area contributed by atoms with Crippen LogP contribution in [0.1, 0.15) is 91.4 Å². The lowest BCUT2D eigenvalue weighted by molar-refractivity contribution is -0.152. The van der Waals surface area contributed by atoms with Crippen molar-refractivity contribution in [2.75, 3.05) is 6.61 Å². The van der Waals surface area contributed by atoms with Gasteiger partial charge in [0.25, 0.3) is 0 Å². The third-order valence-corrected chi connectivity index (χ3v) is 10.4. The van der Waals surface area contributed by atoms with Gasteiger partial charge < -0.3 is 20.1 Å². The molecule has 0 bridgehead atoms. The van der Waals surface area contributed by atoms with Crippen molar-refractivity contribution in [3.05, 3.63) is 23.8 Å². The van der Waals surface area contributed by atoms with Crippen LogP contribution in [0.25, 0.3) is 0 Å². The number of ether oxygens (including phenoxy) is 1. The first-order valence-corrected chi connectivity index (χ1v) is 14.2. The van der Waals surface area contributed by atoms with E-state index in [1.54, 1.807) is 0 Å². The van der Waals surface area contributed by atoms with Crippen LogP contribution < -0.4 is 0 Å². The van der Waals surface area contributed by atoms with Crippen molar-refractivity contribution in [1.82, 2.24) is 0 Å². The molecule has 0 aromatic carbocycles. The number of Topliss-reactive ketones (excluding diaryl/α,β-unsaturated/α-hetero) is 1. The molecule has 5 aliphatic rings. The van der Waals surface area contributed by atoms with Crippen LogP contribution in [0.5, 0.6) is 0 Å². The third-order valence-electron chi connectivity index (χ3n) is 10.4. The lowest BCUT2D eigenvalue weighted by Crippen LogP contribution is -2.56. The van der Waals surface area contributed by atoms with Crippen LogP contribution in [0.4, 0.5) is 0 Å². The fourth-order valence-corrected chi connectivity index (χ4v) is 8.70. The Morgan fingerprint density at radius 1 is 1.08 bits per heavy atom. The highest BCUT2D eigenvalue weighted by molar-refractivity contribution is 5.85. The van der Waals surface area contributed by atoms with E-state index in [1.807, 2.05) is 0 Å². The van der Waals surface area contributed by atoms with Crippen LogP contribution >= 0.6 is 0 Å². The topological polar surface area (TPSA) is 104 Å². The molecule has 6 nitrogen and oxygen atoms in total. The maximum atomic E-state index is 12.8. The standard InChI is InChI=1S/C23H32O4.C7H14O2/c1-14(24)27-13-20(26)18-10-9-17-16-8-7-15-6-4-5-11-22(15,2)21(16)19(25)12-23(17,18)3;8-7(9)6-4-2-1-3-5-6/h5-6,11,16-19,21,25H,4,7-10,12-13H2,1-3H3;6-9H,1-5H2.